The van der Waals surface area contributed by atoms with Crippen molar-refractivity contribution in [3.8, 4) is 0 Å². The molecule has 1 N–H and O–H groups in total. The molecule has 0 radical (unpaired) electrons. The van der Waals surface area contributed by atoms with Crippen molar-refractivity contribution in [2.45, 2.75) is 32.3 Å². The summed E-state index contributed by atoms with van der Waals surface area (Å²) in [6, 6.07) is 7.90. The zero-order valence-corrected chi connectivity index (χ0v) is 9.59. The van der Waals surface area contributed by atoms with Gasteiger partial charge >= 0.3 is 0 Å². The second-order valence-corrected chi connectivity index (χ2v) is 4.04. The minimum atomic E-state index is -0.349. The first-order chi connectivity index (χ1) is 7.74. The van der Waals surface area contributed by atoms with Gasteiger partial charge in [-0.3, -0.25) is 0 Å². The van der Waals surface area contributed by atoms with Gasteiger partial charge in [0.2, 0.25) is 0 Å². The Kier molecular flexibility index (Phi) is 3.15. The molecule has 0 saturated heterocycles. The average molecular weight is 216 g/mol. The molecule has 3 heteroatoms. The Morgan fingerprint density at radius 1 is 1.25 bits per heavy atom. The van der Waals surface area contributed by atoms with Gasteiger partial charge < -0.3 is 5.11 Å². The molecule has 0 aliphatic rings. The van der Waals surface area contributed by atoms with Crippen LogP contribution in [-0.4, -0.2) is 21.2 Å². The minimum Gasteiger partial charge on any atom is -0.392 e. The molecule has 3 nitrogen and oxygen atoms in total. The fourth-order valence-corrected chi connectivity index (χ4v) is 1.92. The van der Waals surface area contributed by atoms with Gasteiger partial charge in [0.05, 0.1) is 17.3 Å². The standard InChI is InChI=1S/C13H16N2O/c1-3-12(16)9(2)13-10-6-4-5-7-11(10)14-8-15-13/h4-9,12,16H,3H2,1-2H3. The molecule has 1 aromatic carbocycles. The van der Waals surface area contributed by atoms with E-state index in [-0.39, 0.29) is 12.0 Å². The van der Waals surface area contributed by atoms with Crippen LogP contribution in [0.2, 0.25) is 0 Å². The fraction of sp³-hybridized carbons (Fsp3) is 0.385. The Hall–Kier alpha value is -1.48. The van der Waals surface area contributed by atoms with Crippen LogP contribution < -0.4 is 0 Å². The van der Waals surface area contributed by atoms with Gasteiger partial charge in [-0.1, -0.05) is 32.0 Å². The summed E-state index contributed by atoms with van der Waals surface area (Å²) in [7, 11) is 0. The van der Waals surface area contributed by atoms with Crippen LogP contribution in [0.15, 0.2) is 30.6 Å². The van der Waals surface area contributed by atoms with E-state index >= 15 is 0 Å². The molecule has 0 bridgehead atoms. The molecule has 2 aromatic rings. The van der Waals surface area contributed by atoms with E-state index in [4.69, 9.17) is 0 Å². The second kappa shape index (κ2) is 4.58. The summed E-state index contributed by atoms with van der Waals surface area (Å²) in [5, 5.41) is 10.9. The lowest BCUT2D eigenvalue weighted by Crippen LogP contribution is -2.16. The maximum atomic E-state index is 9.88. The molecule has 2 atom stereocenters. The number of hydrogen-bond donors (Lipinski definition) is 1. The van der Waals surface area contributed by atoms with Crippen molar-refractivity contribution in [1.82, 2.24) is 9.97 Å². The Balaban J connectivity index is 2.52. The van der Waals surface area contributed by atoms with Crippen molar-refractivity contribution in [2.24, 2.45) is 0 Å². The number of para-hydroxylation sites is 1. The number of fused-ring (bicyclic) bond motifs is 1. The van der Waals surface area contributed by atoms with Crippen molar-refractivity contribution < 1.29 is 5.11 Å². The van der Waals surface area contributed by atoms with Gasteiger partial charge in [0.1, 0.15) is 6.33 Å². The third-order valence-electron chi connectivity index (χ3n) is 3.00. The summed E-state index contributed by atoms with van der Waals surface area (Å²) >= 11 is 0. The van der Waals surface area contributed by atoms with Crippen LogP contribution in [0.3, 0.4) is 0 Å². The largest absolute Gasteiger partial charge is 0.392 e. The third kappa shape index (κ3) is 1.91. The van der Waals surface area contributed by atoms with E-state index < -0.39 is 0 Å². The smallest absolute Gasteiger partial charge is 0.116 e. The molecule has 2 unspecified atom stereocenters. The molecular weight excluding hydrogens is 200 g/mol. The van der Waals surface area contributed by atoms with Crippen LogP contribution in [0.25, 0.3) is 10.9 Å². The summed E-state index contributed by atoms with van der Waals surface area (Å²) in [5.74, 6) is 0.0397. The van der Waals surface area contributed by atoms with E-state index in [2.05, 4.69) is 9.97 Å². The summed E-state index contributed by atoms with van der Waals surface area (Å²) < 4.78 is 0. The van der Waals surface area contributed by atoms with Crippen molar-refractivity contribution in [3.05, 3.63) is 36.3 Å². The first kappa shape index (κ1) is 11.0. The second-order valence-electron chi connectivity index (χ2n) is 4.04. The van der Waals surface area contributed by atoms with Crippen LogP contribution in [0.5, 0.6) is 0 Å². The maximum absolute atomic E-state index is 9.88. The van der Waals surface area contributed by atoms with E-state index in [0.29, 0.717) is 0 Å². The van der Waals surface area contributed by atoms with Gasteiger partial charge in [0, 0.05) is 11.3 Å². The lowest BCUT2D eigenvalue weighted by Gasteiger charge is -2.17. The van der Waals surface area contributed by atoms with Crippen LogP contribution in [0.4, 0.5) is 0 Å². The molecule has 0 aliphatic carbocycles. The fourth-order valence-electron chi connectivity index (χ4n) is 1.92. The summed E-state index contributed by atoms with van der Waals surface area (Å²) in [6.45, 7) is 3.98. The molecule has 0 fully saturated rings. The van der Waals surface area contributed by atoms with Crippen LogP contribution in [-0.2, 0) is 0 Å². The number of aliphatic hydroxyl groups excluding tert-OH is 1. The molecule has 1 aromatic heterocycles. The Labute approximate surface area is 95.2 Å². The minimum absolute atomic E-state index is 0.0397. The molecule has 2 rings (SSSR count). The zero-order valence-electron chi connectivity index (χ0n) is 9.59. The predicted molar refractivity (Wildman–Crippen MR) is 64.3 cm³/mol. The Morgan fingerprint density at radius 2 is 2.00 bits per heavy atom. The summed E-state index contributed by atoms with van der Waals surface area (Å²) in [6.07, 6.45) is 1.95. The average Bonchev–Trinajstić information content (AvgIpc) is 2.36. The number of rotatable bonds is 3. The molecule has 84 valence electrons. The number of hydrogen-bond acceptors (Lipinski definition) is 3. The molecule has 0 saturated carbocycles. The van der Waals surface area contributed by atoms with Crippen LogP contribution >= 0.6 is 0 Å². The quantitative estimate of drug-likeness (QED) is 0.857. The van der Waals surface area contributed by atoms with Gasteiger partial charge in [-0.2, -0.15) is 0 Å². The van der Waals surface area contributed by atoms with Crippen LogP contribution in [0, 0.1) is 0 Å². The monoisotopic (exact) mass is 216 g/mol. The van der Waals surface area contributed by atoms with Crippen molar-refractivity contribution in [1.29, 1.82) is 0 Å². The zero-order chi connectivity index (χ0) is 11.5. The van der Waals surface area contributed by atoms with Gasteiger partial charge in [0.25, 0.3) is 0 Å². The first-order valence-corrected chi connectivity index (χ1v) is 5.61. The predicted octanol–water partition coefficient (Wildman–Crippen LogP) is 2.50. The number of aliphatic hydroxyl groups is 1. The third-order valence-corrected chi connectivity index (χ3v) is 3.00. The van der Waals surface area contributed by atoms with Crippen LogP contribution in [0.1, 0.15) is 31.9 Å². The van der Waals surface area contributed by atoms with E-state index in [1.54, 1.807) is 6.33 Å². The van der Waals surface area contributed by atoms with Gasteiger partial charge in [0.15, 0.2) is 0 Å². The number of benzene rings is 1. The number of aromatic nitrogens is 2. The highest BCUT2D eigenvalue weighted by Gasteiger charge is 2.18. The van der Waals surface area contributed by atoms with E-state index in [1.165, 1.54) is 0 Å². The summed E-state index contributed by atoms with van der Waals surface area (Å²) in [5.41, 5.74) is 1.86. The maximum Gasteiger partial charge on any atom is 0.116 e. The lowest BCUT2D eigenvalue weighted by atomic mass is 9.95. The van der Waals surface area contributed by atoms with Crippen molar-refractivity contribution >= 4 is 10.9 Å². The highest BCUT2D eigenvalue weighted by Crippen LogP contribution is 2.25. The van der Waals surface area contributed by atoms with Crippen molar-refractivity contribution in [3.63, 3.8) is 0 Å². The molecule has 1 heterocycles. The van der Waals surface area contributed by atoms with E-state index in [0.717, 1.165) is 23.0 Å². The molecule has 0 aliphatic heterocycles. The van der Waals surface area contributed by atoms with E-state index in [1.807, 2.05) is 38.1 Å². The SMILES string of the molecule is CCC(O)C(C)c1ncnc2ccccc12. The van der Waals surface area contributed by atoms with Gasteiger partial charge in [-0.15, -0.1) is 0 Å². The summed E-state index contributed by atoms with van der Waals surface area (Å²) in [4.78, 5) is 8.52. The topological polar surface area (TPSA) is 46.0 Å². The first-order valence-electron chi connectivity index (χ1n) is 5.61. The molecule has 0 amide bonds. The van der Waals surface area contributed by atoms with E-state index in [9.17, 15) is 5.11 Å². The van der Waals surface area contributed by atoms with Gasteiger partial charge in [-0.25, -0.2) is 9.97 Å². The Morgan fingerprint density at radius 3 is 2.75 bits per heavy atom. The molecular formula is C13H16N2O. The van der Waals surface area contributed by atoms with Gasteiger partial charge in [-0.05, 0) is 12.5 Å². The van der Waals surface area contributed by atoms with Crippen molar-refractivity contribution in [2.75, 3.05) is 0 Å². The highest BCUT2D eigenvalue weighted by molar-refractivity contribution is 5.80. The highest BCUT2D eigenvalue weighted by atomic mass is 16.3. The Bertz CT molecular complexity index is 479. The molecule has 0 spiro atoms. The number of nitrogens with zero attached hydrogens (tertiary/aromatic N) is 2. The lowest BCUT2D eigenvalue weighted by molar-refractivity contribution is 0.144. The molecule has 16 heavy (non-hydrogen) atoms. The normalized spacial score (nSPS) is 14.9.